The Bertz CT molecular complexity index is 2410. The number of benzene rings is 2. The van der Waals surface area contributed by atoms with Crippen LogP contribution < -0.4 is 0 Å². The third-order valence-corrected chi connectivity index (χ3v) is 11.5. The summed E-state index contributed by atoms with van der Waals surface area (Å²) in [6.45, 7) is 6.11. The molecular weight excluding hydrogens is 629 g/mol. The van der Waals surface area contributed by atoms with E-state index < -0.39 is 0 Å². The van der Waals surface area contributed by atoms with Gasteiger partial charge >= 0.3 is 0 Å². The van der Waals surface area contributed by atoms with Crippen molar-refractivity contribution in [3.63, 3.8) is 0 Å². The molecule has 6 nitrogen and oxygen atoms in total. The summed E-state index contributed by atoms with van der Waals surface area (Å²) in [6, 6.07) is 16.6. The second kappa shape index (κ2) is 11.9. The van der Waals surface area contributed by atoms with Crippen molar-refractivity contribution in [2.75, 3.05) is 0 Å². The standard InChI is InChI=1S/C37H30N4O2S3/c1-6-8-9-10-22(7-2)28-17-27-37(45-28)39-35(41(27)5)33-31-24(19-42)15-16-25(32(31)30(20-43)44-33)34-38-36-26(40(34)4)18-29(46-36)23-13-11-21(3)12-14-23/h6-20H,1-5H3/b8-6-,10-9-,22-7+. The van der Waals surface area contributed by atoms with Crippen molar-refractivity contribution in [3.05, 3.63) is 99.8 Å². The third kappa shape index (κ3) is 4.83. The van der Waals surface area contributed by atoms with E-state index in [9.17, 15) is 9.59 Å². The molecule has 46 heavy (non-hydrogen) atoms. The summed E-state index contributed by atoms with van der Waals surface area (Å²) >= 11 is 4.65. The van der Waals surface area contributed by atoms with Crippen molar-refractivity contribution in [3.8, 4) is 32.5 Å². The average molecular weight is 659 g/mol. The van der Waals surface area contributed by atoms with Gasteiger partial charge in [-0.2, -0.15) is 0 Å². The van der Waals surface area contributed by atoms with Gasteiger partial charge in [0.1, 0.15) is 15.5 Å². The van der Waals surface area contributed by atoms with Gasteiger partial charge in [0.2, 0.25) is 0 Å². The van der Waals surface area contributed by atoms with E-state index >= 15 is 0 Å². The van der Waals surface area contributed by atoms with E-state index in [-0.39, 0.29) is 0 Å². The highest BCUT2D eigenvalue weighted by atomic mass is 32.1. The molecule has 0 fully saturated rings. The second-order valence-electron chi connectivity index (χ2n) is 11.1. The lowest BCUT2D eigenvalue weighted by atomic mass is 9.99. The van der Waals surface area contributed by atoms with Crippen molar-refractivity contribution in [1.29, 1.82) is 0 Å². The van der Waals surface area contributed by atoms with Gasteiger partial charge in [-0.15, -0.1) is 34.0 Å². The highest BCUT2D eigenvalue weighted by Crippen LogP contribution is 2.46. The van der Waals surface area contributed by atoms with Crippen LogP contribution in [0.5, 0.6) is 0 Å². The van der Waals surface area contributed by atoms with E-state index in [0.717, 1.165) is 87.0 Å². The number of aromatic nitrogens is 4. The molecule has 9 heteroatoms. The molecule has 0 saturated carbocycles. The molecule has 0 aliphatic rings. The van der Waals surface area contributed by atoms with Crippen LogP contribution in [0.15, 0.2) is 78.9 Å². The number of carbonyl (C=O) groups excluding carboxylic acids is 2. The first kappa shape index (κ1) is 30.0. The van der Waals surface area contributed by atoms with Crippen LogP contribution >= 0.6 is 34.0 Å². The number of rotatable bonds is 8. The Hall–Kier alpha value is -4.70. The normalized spacial score (nSPS) is 12.6. The molecule has 0 aliphatic carbocycles. The molecule has 0 spiro atoms. The highest BCUT2D eigenvalue weighted by Gasteiger charge is 2.26. The summed E-state index contributed by atoms with van der Waals surface area (Å²) in [6.07, 6.45) is 12.0. The first-order valence-corrected chi connectivity index (χ1v) is 17.3. The van der Waals surface area contributed by atoms with Crippen LogP contribution in [0.25, 0.3) is 69.6 Å². The molecule has 5 heterocycles. The second-order valence-corrected chi connectivity index (χ2v) is 14.2. The van der Waals surface area contributed by atoms with Crippen LogP contribution in [-0.2, 0) is 14.1 Å². The van der Waals surface area contributed by atoms with Crippen LogP contribution in [0, 0.1) is 6.92 Å². The molecule has 5 aromatic heterocycles. The fraction of sp³-hybridized carbons (Fsp3) is 0.135. The number of carbonyl (C=O) groups is 2. The highest BCUT2D eigenvalue weighted by molar-refractivity contribution is 7.22. The van der Waals surface area contributed by atoms with Crippen molar-refractivity contribution in [2.45, 2.75) is 20.8 Å². The molecule has 228 valence electrons. The lowest BCUT2D eigenvalue weighted by Crippen LogP contribution is -1.96. The Morgan fingerprint density at radius 2 is 1.50 bits per heavy atom. The van der Waals surface area contributed by atoms with Crippen LogP contribution in [0.3, 0.4) is 0 Å². The SMILES string of the molecule is C\C=C/C=C\C(=C/C)c1cc2c(nc(-c3sc(C=O)c4c(-c5nc6sc(-c7ccc(C)cc7)cc6n5C)ccc(C=O)c34)n2C)s1. The molecule has 0 radical (unpaired) electrons. The largest absolute Gasteiger partial charge is 0.326 e. The maximum Gasteiger partial charge on any atom is 0.160 e. The fourth-order valence-electron chi connectivity index (χ4n) is 5.85. The van der Waals surface area contributed by atoms with E-state index in [0.29, 0.717) is 10.4 Å². The first-order chi connectivity index (χ1) is 22.4. The number of hydrogen-bond acceptors (Lipinski definition) is 7. The van der Waals surface area contributed by atoms with Crippen molar-refractivity contribution in [1.82, 2.24) is 19.1 Å². The smallest absolute Gasteiger partial charge is 0.160 e. The Balaban J connectivity index is 1.37. The Labute approximate surface area is 278 Å². The predicted molar refractivity (Wildman–Crippen MR) is 196 cm³/mol. The van der Waals surface area contributed by atoms with Gasteiger partial charge in [0.25, 0.3) is 0 Å². The maximum absolute atomic E-state index is 12.6. The Kier molecular flexibility index (Phi) is 7.76. The molecule has 7 aromatic rings. The molecule has 0 aliphatic heterocycles. The fourth-order valence-corrected chi connectivity index (χ4v) is 9.21. The third-order valence-electron chi connectivity index (χ3n) is 8.27. The summed E-state index contributed by atoms with van der Waals surface area (Å²) in [7, 11) is 3.99. The summed E-state index contributed by atoms with van der Waals surface area (Å²) in [5.41, 5.74) is 6.87. The number of allylic oxidation sites excluding steroid dienone is 6. The number of aryl methyl sites for hydroxylation is 3. The van der Waals surface area contributed by atoms with E-state index in [4.69, 9.17) is 9.97 Å². The van der Waals surface area contributed by atoms with Gasteiger partial charge in [0.15, 0.2) is 18.4 Å². The minimum Gasteiger partial charge on any atom is -0.326 e. The van der Waals surface area contributed by atoms with E-state index in [2.05, 4.69) is 64.6 Å². The Morgan fingerprint density at radius 1 is 0.783 bits per heavy atom. The zero-order valence-corrected chi connectivity index (χ0v) is 28.4. The monoisotopic (exact) mass is 658 g/mol. The van der Waals surface area contributed by atoms with Gasteiger partial charge < -0.3 is 9.13 Å². The predicted octanol–water partition coefficient (Wildman–Crippen LogP) is 10.3. The van der Waals surface area contributed by atoms with Gasteiger partial charge in [-0.05, 0) is 50.1 Å². The molecular formula is C37H30N4O2S3. The molecule has 0 saturated heterocycles. The quantitative estimate of drug-likeness (QED) is 0.120. The van der Waals surface area contributed by atoms with Crippen molar-refractivity contribution in [2.24, 2.45) is 14.1 Å². The maximum atomic E-state index is 12.6. The van der Waals surface area contributed by atoms with Gasteiger partial charge in [0, 0.05) is 45.7 Å². The van der Waals surface area contributed by atoms with Gasteiger partial charge in [-0.3, -0.25) is 9.59 Å². The lowest BCUT2D eigenvalue weighted by molar-refractivity contribution is 0.111. The summed E-state index contributed by atoms with van der Waals surface area (Å²) in [5.74, 6) is 1.48. The zero-order chi connectivity index (χ0) is 32.1. The molecule has 0 bridgehead atoms. The number of fused-ring (bicyclic) bond motifs is 3. The summed E-state index contributed by atoms with van der Waals surface area (Å²) < 4.78 is 4.13. The molecule has 0 atom stereocenters. The topological polar surface area (TPSA) is 69.8 Å². The minimum absolute atomic E-state index is 0.521. The van der Waals surface area contributed by atoms with Crippen LogP contribution in [0.4, 0.5) is 0 Å². The molecule has 7 rings (SSSR count). The lowest BCUT2D eigenvalue weighted by Gasteiger charge is -2.08. The van der Waals surface area contributed by atoms with Gasteiger partial charge in [-0.1, -0.05) is 66.3 Å². The van der Waals surface area contributed by atoms with Crippen molar-refractivity contribution >= 4 is 83.6 Å². The molecule has 0 amide bonds. The summed E-state index contributed by atoms with van der Waals surface area (Å²) in [4.78, 5) is 40.6. The number of imidazole rings is 2. The number of thiophene rings is 3. The van der Waals surface area contributed by atoms with E-state index in [1.54, 1.807) is 22.7 Å². The number of hydrogen-bond donors (Lipinski definition) is 0. The van der Waals surface area contributed by atoms with Crippen molar-refractivity contribution < 1.29 is 9.59 Å². The van der Waals surface area contributed by atoms with Crippen LogP contribution in [-0.4, -0.2) is 31.7 Å². The number of nitrogens with zero attached hydrogens (tertiary/aromatic N) is 4. The number of aldehydes is 2. The molecule has 2 aromatic carbocycles. The van der Waals surface area contributed by atoms with Crippen LogP contribution in [0.2, 0.25) is 0 Å². The minimum atomic E-state index is 0.521. The van der Waals surface area contributed by atoms with Gasteiger partial charge in [-0.25, -0.2) is 9.97 Å². The average Bonchev–Trinajstić information content (AvgIpc) is 3.87. The molecule has 0 unspecified atom stereocenters. The molecule has 0 N–H and O–H groups in total. The van der Waals surface area contributed by atoms with E-state index in [1.165, 1.54) is 16.9 Å². The Morgan fingerprint density at radius 3 is 2.17 bits per heavy atom. The first-order valence-electron chi connectivity index (χ1n) is 14.8. The zero-order valence-electron chi connectivity index (χ0n) is 26.0. The van der Waals surface area contributed by atoms with E-state index in [1.807, 2.05) is 58.3 Å². The summed E-state index contributed by atoms with van der Waals surface area (Å²) in [5, 5.41) is 1.46. The van der Waals surface area contributed by atoms with Gasteiger partial charge in [0.05, 0.1) is 20.8 Å². The van der Waals surface area contributed by atoms with Crippen LogP contribution in [0.1, 0.15) is 44.3 Å².